The molecule has 1 amide bonds. The van der Waals surface area contributed by atoms with Crippen molar-refractivity contribution in [2.24, 2.45) is 0 Å². The van der Waals surface area contributed by atoms with Crippen molar-refractivity contribution in [1.29, 1.82) is 0 Å². The molecular weight excluding hydrogens is 356 g/mol. The molecule has 0 saturated carbocycles. The van der Waals surface area contributed by atoms with Crippen molar-refractivity contribution < 1.29 is 27.9 Å². The molecule has 0 fully saturated rings. The maximum Gasteiger partial charge on any atom is 0.307 e. The number of carbonyl (C=O) groups excluding carboxylic acids is 3. The molecule has 0 saturated heterocycles. The number of rotatable bonds is 7. The molecule has 0 aliphatic heterocycles. The summed E-state index contributed by atoms with van der Waals surface area (Å²) in [7, 11) is 0. The fourth-order valence-electron chi connectivity index (χ4n) is 2.23. The van der Waals surface area contributed by atoms with Crippen LogP contribution in [0.4, 0.5) is 14.5 Å². The van der Waals surface area contributed by atoms with Crippen LogP contribution < -0.4 is 5.32 Å². The fourth-order valence-corrected chi connectivity index (χ4v) is 2.23. The van der Waals surface area contributed by atoms with Gasteiger partial charge in [-0.05, 0) is 26.0 Å². The Morgan fingerprint density at radius 3 is 2.33 bits per heavy atom. The maximum absolute atomic E-state index is 13.5. The van der Waals surface area contributed by atoms with Gasteiger partial charge in [-0.2, -0.15) is 0 Å². The van der Waals surface area contributed by atoms with Gasteiger partial charge in [-0.25, -0.2) is 8.78 Å². The standard InChI is InChI=1S/C20H19F2NO4/c1-12-3-5-14(6-4-12)18(24)9-10-19(25)27-13(2)20(26)23-17-8-7-15(21)11-16(17)22/h3-8,11,13H,9-10H2,1-2H3,(H,23,26)/t13-/m1/s1. The first-order valence-corrected chi connectivity index (χ1v) is 8.31. The molecule has 2 aromatic carbocycles. The van der Waals surface area contributed by atoms with Crippen molar-refractivity contribution in [3.63, 3.8) is 0 Å². The summed E-state index contributed by atoms with van der Waals surface area (Å²) in [5, 5.41) is 2.21. The molecule has 1 atom stereocenters. The SMILES string of the molecule is Cc1ccc(C(=O)CCC(=O)O[C@H](C)C(=O)Nc2ccc(F)cc2F)cc1. The van der Waals surface area contributed by atoms with Crippen LogP contribution in [0.25, 0.3) is 0 Å². The van der Waals surface area contributed by atoms with Crippen molar-refractivity contribution in [1.82, 2.24) is 0 Å². The van der Waals surface area contributed by atoms with E-state index in [0.717, 1.165) is 17.7 Å². The van der Waals surface area contributed by atoms with E-state index in [1.165, 1.54) is 6.92 Å². The van der Waals surface area contributed by atoms with Gasteiger partial charge in [0.15, 0.2) is 11.9 Å². The Morgan fingerprint density at radius 1 is 1.04 bits per heavy atom. The van der Waals surface area contributed by atoms with Gasteiger partial charge in [0.1, 0.15) is 11.6 Å². The van der Waals surface area contributed by atoms with E-state index in [1.54, 1.807) is 24.3 Å². The van der Waals surface area contributed by atoms with E-state index in [0.29, 0.717) is 11.6 Å². The van der Waals surface area contributed by atoms with E-state index in [1.807, 2.05) is 6.92 Å². The molecule has 142 valence electrons. The Hall–Kier alpha value is -3.09. The Bertz CT molecular complexity index is 850. The summed E-state index contributed by atoms with van der Waals surface area (Å²) in [6.07, 6.45) is -1.44. The summed E-state index contributed by atoms with van der Waals surface area (Å²) in [5.41, 5.74) is 1.29. The van der Waals surface area contributed by atoms with Crippen LogP contribution >= 0.6 is 0 Å². The largest absolute Gasteiger partial charge is 0.453 e. The number of ether oxygens (including phenoxy) is 1. The van der Waals surface area contributed by atoms with Crippen molar-refractivity contribution in [2.75, 3.05) is 5.32 Å². The van der Waals surface area contributed by atoms with Gasteiger partial charge in [-0.15, -0.1) is 0 Å². The van der Waals surface area contributed by atoms with E-state index in [9.17, 15) is 23.2 Å². The Morgan fingerprint density at radius 2 is 1.70 bits per heavy atom. The van der Waals surface area contributed by atoms with Crippen LogP contribution in [0, 0.1) is 18.6 Å². The highest BCUT2D eigenvalue weighted by Gasteiger charge is 2.20. The number of aryl methyl sites for hydroxylation is 1. The molecule has 0 radical (unpaired) electrons. The lowest BCUT2D eigenvalue weighted by atomic mass is 10.1. The number of halogens is 2. The fraction of sp³-hybridized carbons (Fsp3) is 0.250. The van der Waals surface area contributed by atoms with Crippen molar-refractivity contribution in [3.05, 3.63) is 65.2 Å². The normalized spacial score (nSPS) is 11.6. The summed E-state index contributed by atoms with van der Waals surface area (Å²) in [6.45, 7) is 3.21. The van der Waals surface area contributed by atoms with E-state index < -0.39 is 29.6 Å². The third kappa shape index (κ3) is 5.99. The summed E-state index contributed by atoms with van der Waals surface area (Å²) >= 11 is 0. The van der Waals surface area contributed by atoms with E-state index in [4.69, 9.17) is 4.74 Å². The predicted molar refractivity (Wildman–Crippen MR) is 95.3 cm³/mol. The molecule has 5 nitrogen and oxygen atoms in total. The second-order valence-corrected chi connectivity index (χ2v) is 6.03. The molecule has 0 spiro atoms. The van der Waals surface area contributed by atoms with Crippen molar-refractivity contribution in [2.45, 2.75) is 32.8 Å². The smallest absolute Gasteiger partial charge is 0.307 e. The summed E-state index contributed by atoms with van der Waals surface area (Å²) in [4.78, 5) is 35.8. The highest BCUT2D eigenvalue weighted by atomic mass is 19.1. The third-order valence-corrected chi connectivity index (χ3v) is 3.80. The van der Waals surface area contributed by atoms with E-state index >= 15 is 0 Å². The third-order valence-electron chi connectivity index (χ3n) is 3.80. The summed E-state index contributed by atoms with van der Waals surface area (Å²) < 4.78 is 31.3. The molecular formula is C20H19F2NO4. The van der Waals surface area contributed by atoms with Gasteiger partial charge in [0.25, 0.3) is 5.91 Å². The first-order valence-electron chi connectivity index (χ1n) is 8.31. The molecule has 0 heterocycles. The highest BCUT2D eigenvalue weighted by Crippen LogP contribution is 2.16. The first-order chi connectivity index (χ1) is 12.8. The number of nitrogens with one attached hydrogen (secondary N) is 1. The lowest BCUT2D eigenvalue weighted by Crippen LogP contribution is -2.30. The zero-order valence-corrected chi connectivity index (χ0v) is 14.9. The molecule has 0 aliphatic rings. The minimum atomic E-state index is -1.20. The monoisotopic (exact) mass is 375 g/mol. The average molecular weight is 375 g/mol. The first kappa shape index (κ1) is 20.2. The number of anilines is 1. The molecule has 1 N–H and O–H groups in total. The number of esters is 1. The van der Waals surface area contributed by atoms with Crippen LogP contribution in [0.5, 0.6) is 0 Å². The average Bonchev–Trinajstić information content (AvgIpc) is 2.62. The lowest BCUT2D eigenvalue weighted by Gasteiger charge is -2.14. The second kappa shape index (κ2) is 9.02. The van der Waals surface area contributed by atoms with Gasteiger partial charge in [0, 0.05) is 18.1 Å². The van der Waals surface area contributed by atoms with Gasteiger partial charge in [0.2, 0.25) is 0 Å². The minimum absolute atomic E-state index is 0.0528. The van der Waals surface area contributed by atoms with Crippen molar-refractivity contribution in [3.8, 4) is 0 Å². The van der Waals surface area contributed by atoms with Crippen LogP contribution in [0.1, 0.15) is 35.7 Å². The Balaban J connectivity index is 1.82. The zero-order chi connectivity index (χ0) is 20.0. The Labute approximate surface area is 155 Å². The van der Waals surface area contributed by atoms with Crippen molar-refractivity contribution >= 4 is 23.3 Å². The molecule has 0 bridgehead atoms. The Kier molecular flexibility index (Phi) is 6.76. The molecule has 2 aromatic rings. The molecule has 27 heavy (non-hydrogen) atoms. The number of ketones is 1. The quantitative estimate of drug-likeness (QED) is 0.590. The molecule has 0 aromatic heterocycles. The molecule has 2 rings (SSSR count). The maximum atomic E-state index is 13.5. The number of amides is 1. The zero-order valence-electron chi connectivity index (χ0n) is 14.9. The number of hydrogen-bond donors (Lipinski definition) is 1. The van der Waals surface area contributed by atoms with Crippen LogP contribution in [0.3, 0.4) is 0 Å². The molecule has 0 aliphatic carbocycles. The van der Waals surface area contributed by atoms with Crippen LogP contribution in [0.2, 0.25) is 0 Å². The van der Waals surface area contributed by atoms with Gasteiger partial charge < -0.3 is 10.1 Å². The van der Waals surface area contributed by atoms with Crippen LogP contribution in [0.15, 0.2) is 42.5 Å². The number of carbonyl (C=O) groups is 3. The van der Waals surface area contributed by atoms with Gasteiger partial charge in [0.05, 0.1) is 12.1 Å². The highest BCUT2D eigenvalue weighted by molar-refractivity contribution is 5.98. The number of benzene rings is 2. The summed E-state index contributed by atoms with van der Waals surface area (Å²) in [5.74, 6) is -3.41. The minimum Gasteiger partial charge on any atom is -0.453 e. The number of Topliss-reactive ketones (excluding diaryl/α,β-unsaturated/α-hetero) is 1. The van der Waals surface area contributed by atoms with Crippen LogP contribution in [-0.4, -0.2) is 23.8 Å². The van der Waals surface area contributed by atoms with E-state index in [-0.39, 0.29) is 24.3 Å². The summed E-state index contributed by atoms with van der Waals surface area (Å²) in [6, 6.07) is 9.64. The second-order valence-electron chi connectivity index (χ2n) is 6.03. The lowest BCUT2D eigenvalue weighted by molar-refractivity contribution is -0.153. The van der Waals surface area contributed by atoms with Gasteiger partial charge >= 0.3 is 5.97 Å². The molecule has 0 unspecified atom stereocenters. The number of hydrogen-bond acceptors (Lipinski definition) is 4. The predicted octanol–water partition coefficient (Wildman–Crippen LogP) is 3.81. The van der Waals surface area contributed by atoms with Gasteiger partial charge in [-0.3, -0.25) is 14.4 Å². The topological polar surface area (TPSA) is 72.5 Å². The van der Waals surface area contributed by atoms with E-state index in [2.05, 4.69) is 5.32 Å². The molecule has 7 heteroatoms. The van der Waals surface area contributed by atoms with Crippen LogP contribution in [-0.2, 0) is 14.3 Å². The van der Waals surface area contributed by atoms with Gasteiger partial charge in [-0.1, -0.05) is 29.8 Å².